The largest absolute Gasteiger partial charge is 0.0952 e. The van der Waals surface area contributed by atoms with E-state index in [2.05, 4.69) is 69.0 Å². The standard InChI is InChI=1S/C18H20/c1-14-9-11-18(12-10-14)16(3)13-15(2)17-7-5-4-6-8-17/h4-12,16H,2,13H2,1,3H3. The fraction of sp³-hybridized carbons (Fsp3) is 0.222. The first-order valence-corrected chi connectivity index (χ1v) is 6.46. The summed E-state index contributed by atoms with van der Waals surface area (Å²) in [6, 6.07) is 19.2. The van der Waals surface area contributed by atoms with E-state index in [1.54, 1.807) is 0 Å². The summed E-state index contributed by atoms with van der Waals surface area (Å²) in [5.41, 5.74) is 5.16. The van der Waals surface area contributed by atoms with E-state index in [1.165, 1.54) is 22.3 Å². The Balaban J connectivity index is 2.06. The van der Waals surface area contributed by atoms with Crippen LogP contribution in [-0.4, -0.2) is 0 Å². The van der Waals surface area contributed by atoms with Gasteiger partial charge in [-0.25, -0.2) is 0 Å². The average Bonchev–Trinajstić information content (AvgIpc) is 2.40. The number of allylic oxidation sites excluding steroid dienone is 1. The van der Waals surface area contributed by atoms with E-state index in [4.69, 9.17) is 0 Å². The highest BCUT2D eigenvalue weighted by atomic mass is 14.1. The van der Waals surface area contributed by atoms with Gasteiger partial charge in [-0.05, 0) is 36.0 Å². The fourth-order valence-corrected chi connectivity index (χ4v) is 2.17. The Morgan fingerprint density at radius 2 is 1.61 bits per heavy atom. The molecule has 92 valence electrons. The molecule has 0 spiro atoms. The predicted octanol–water partition coefficient (Wildman–Crippen LogP) is 5.20. The minimum Gasteiger partial charge on any atom is -0.0952 e. The molecule has 0 aliphatic rings. The fourth-order valence-electron chi connectivity index (χ4n) is 2.17. The highest BCUT2D eigenvalue weighted by molar-refractivity contribution is 5.63. The predicted molar refractivity (Wildman–Crippen MR) is 79.7 cm³/mol. The van der Waals surface area contributed by atoms with Gasteiger partial charge >= 0.3 is 0 Å². The number of benzene rings is 2. The molecule has 0 radical (unpaired) electrons. The second-order valence-corrected chi connectivity index (χ2v) is 4.99. The quantitative estimate of drug-likeness (QED) is 0.684. The summed E-state index contributed by atoms with van der Waals surface area (Å²) in [5, 5.41) is 0. The maximum atomic E-state index is 4.21. The van der Waals surface area contributed by atoms with E-state index in [9.17, 15) is 0 Å². The molecule has 0 saturated heterocycles. The Kier molecular flexibility index (Phi) is 3.99. The summed E-state index contributed by atoms with van der Waals surface area (Å²) in [6.07, 6.45) is 1.01. The van der Waals surface area contributed by atoms with E-state index in [1.807, 2.05) is 6.07 Å². The zero-order valence-corrected chi connectivity index (χ0v) is 11.2. The Bertz CT molecular complexity index is 505. The molecule has 0 fully saturated rings. The maximum Gasteiger partial charge on any atom is -0.0150 e. The van der Waals surface area contributed by atoms with Gasteiger partial charge in [-0.1, -0.05) is 73.7 Å². The topological polar surface area (TPSA) is 0 Å². The van der Waals surface area contributed by atoms with Crippen molar-refractivity contribution < 1.29 is 0 Å². The molecule has 2 aromatic rings. The van der Waals surface area contributed by atoms with Crippen LogP contribution in [0, 0.1) is 6.92 Å². The van der Waals surface area contributed by atoms with Crippen LogP contribution in [0.15, 0.2) is 61.2 Å². The molecule has 0 aliphatic heterocycles. The lowest BCUT2D eigenvalue weighted by Gasteiger charge is -2.14. The van der Waals surface area contributed by atoms with E-state index in [0.717, 1.165) is 6.42 Å². The normalized spacial score (nSPS) is 12.1. The van der Waals surface area contributed by atoms with Crippen LogP contribution in [0.25, 0.3) is 5.57 Å². The molecule has 2 aromatic carbocycles. The third-order valence-corrected chi connectivity index (χ3v) is 3.38. The molecule has 0 aliphatic carbocycles. The van der Waals surface area contributed by atoms with Gasteiger partial charge in [0, 0.05) is 0 Å². The van der Waals surface area contributed by atoms with Crippen LogP contribution in [-0.2, 0) is 0 Å². The highest BCUT2D eigenvalue weighted by Crippen LogP contribution is 2.27. The second kappa shape index (κ2) is 5.68. The van der Waals surface area contributed by atoms with E-state index in [0.29, 0.717) is 5.92 Å². The first-order chi connectivity index (χ1) is 8.66. The van der Waals surface area contributed by atoms with Crippen molar-refractivity contribution in [1.29, 1.82) is 0 Å². The van der Waals surface area contributed by atoms with Gasteiger partial charge < -0.3 is 0 Å². The summed E-state index contributed by atoms with van der Waals surface area (Å²) >= 11 is 0. The Morgan fingerprint density at radius 1 is 1.00 bits per heavy atom. The molecular weight excluding hydrogens is 216 g/mol. The lowest BCUT2D eigenvalue weighted by molar-refractivity contribution is 0.792. The van der Waals surface area contributed by atoms with Gasteiger partial charge in [0.15, 0.2) is 0 Å². The average molecular weight is 236 g/mol. The zero-order valence-electron chi connectivity index (χ0n) is 11.2. The molecule has 0 N–H and O–H groups in total. The van der Waals surface area contributed by atoms with Gasteiger partial charge in [0.25, 0.3) is 0 Å². The summed E-state index contributed by atoms with van der Waals surface area (Å²) in [7, 11) is 0. The monoisotopic (exact) mass is 236 g/mol. The van der Waals surface area contributed by atoms with Gasteiger partial charge in [-0.15, -0.1) is 0 Å². The third kappa shape index (κ3) is 3.10. The minimum absolute atomic E-state index is 0.512. The van der Waals surface area contributed by atoms with E-state index >= 15 is 0 Å². The van der Waals surface area contributed by atoms with Crippen molar-refractivity contribution in [2.45, 2.75) is 26.2 Å². The van der Waals surface area contributed by atoms with E-state index < -0.39 is 0 Å². The molecule has 18 heavy (non-hydrogen) atoms. The van der Waals surface area contributed by atoms with Crippen LogP contribution in [0.2, 0.25) is 0 Å². The molecule has 0 heterocycles. The summed E-state index contributed by atoms with van der Waals surface area (Å²) in [5.74, 6) is 0.512. The Labute approximate surface area is 110 Å². The van der Waals surface area contributed by atoms with Gasteiger partial charge in [0.1, 0.15) is 0 Å². The Hall–Kier alpha value is -1.82. The summed E-state index contributed by atoms with van der Waals surface area (Å²) in [4.78, 5) is 0. The molecular formula is C18H20. The molecule has 0 saturated carbocycles. The highest BCUT2D eigenvalue weighted by Gasteiger charge is 2.08. The number of aryl methyl sites for hydroxylation is 1. The molecule has 0 heteroatoms. The van der Waals surface area contributed by atoms with Gasteiger partial charge in [0.05, 0.1) is 0 Å². The van der Waals surface area contributed by atoms with Gasteiger partial charge in [-0.3, -0.25) is 0 Å². The molecule has 2 rings (SSSR count). The lowest BCUT2D eigenvalue weighted by atomic mass is 9.91. The summed E-state index contributed by atoms with van der Waals surface area (Å²) < 4.78 is 0. The van der Waals surface area contributed by atoms with Crippen molar-refractivity contribution in [3.63, 3.8) is 0 Å². The SMILES string of the molecule is C=C(CC(C)c1ccc(C)cc1)c1ccccc1. The van der Waals surface area contributed by atoms with Crippen LogP contribution < -0.4 is 0 Å². The molecule has 0 amide bonds. The van der Waals surface area contributed by atoms with Crippen molar-refractivity contribution in [1.82, 2.24) is 0 Å². The molecule has 0 aromatic heterocycles. The van der Waals surface area contributed by atoms with Crippen molar-refractivity contribution in [2.75, 3.05) is 0 Å². The van der Waals surface area contributed by atoms with Crippen LogP contribution in [0.1, 0.15) is 36.0 Å². The molecule has 0 bridgehead atoms. The molecule has 1 unspecified atom stereocenters. The molecule has 1 atom stereocenters. The van der Waals surface area contributed by atoms with Crippen molar-refractivity contribution in [3.8, 4) is 0 Å². The lowest BCUT2D eigenvalue weighted by Crippen LogP contribution is -1.95. The van der Waals surface area contributed by atoms with Crippen LogP contribution in [0.3, 0.4) is 0 Å². The minimum atomic E-state index is 0.512. The smallest absolute Gasteiger partial charge is 0.0150 e. The number of hydrogen-bond acceptors (Lipinski definition) is 0. The van der Waals surface area contributed by atoms with Gasteiger partial charge in [0.2, 0.25) is 0 Å². The first-order valence-electron chi connectivity index (χ1n) is 6.46. The van der Waals surface area contributed by atoms with Crippen LogP contribution >= 0.6 is 0 Å². The molecule has 0 nitrogen and oxygen atoms in total. The number of hydrogen-bond donors (Lipinski definition) is 0. The summed E-state index contributed by atoms with van der Waals surface area (Å²) in [6.45, 7) is 8.59. The maximum absolute atomic E-state index is 4.21. The first kappa shape index (κ1) is 12.6. The third-order valence-electron chi connectivity index (χ3n) is 3.38. The van der Waals surface area contributed by atoms with Crippen molar-refractivity contribution in [2.24, 2.45) is 0 Å². The van der Waals surface area contributed by atoms with Crippen LogP contribution in [0.5, 0.6) is 0 Å². The van der Waals surface area contributed by atoms with Crippen molar-refractivity contribution in [3.05, 3.63) is 77.9 Å². The number of rotatable bonds is 4. The van der Waals surface area contributed by atoms with Crippen LogP contribution in [0.4, 0.5) is 0 Å². The second-order valence-electron chi connectivity index (χ2n) is 4.99. The van der Waals surface area contributed by atoms with E-state index in [-0.39, 0.29) is 0 Å². The Morgan fingerprint density at radius 3 is 2.22 bits per heavy atom. The zero-order chi connectivity index (χ0) is 13.0. The van der Waals surface area contributed by atoms with Gasteiger partial charge in [-0.2, -0.15) is 0 Å². The van der Waals surface area contributed by atoms with Crippen molar-refractivity contribution >= 4 is 5.57 Å².